The second-order valence-electron chi connectivity index (χ2n) is 11.7. The first-order valence-corrected chi connectivity index (χ1v) is 17.4. The second-order valence-corrected chi connectivity index (χ2v) is 11.7. The number of allylic oxidation sites excluding steroid dienone is 14. The molecule has 0 spiro atoms. The quantitative estimate of drug-likeness (QED) is 0.122. The van der Waals surface area contributed by atoms with E-state index in [-0.39, 0.29) is 0 Å². The summed E-state index contributed by atoms with van der Waals surface area (Å²) >= 11 is 0. The van der Waals surface area contributed by atoms with Gasteiger partial charge >= 0.3 is 0 Å². The van der Waals surface area contributed by atoms with E-state index in [0.717, 1.165) is 32.4 Å². The summed E-state index contributed by atoms with van der Waals surface area (Å²) < 4.78 is 0. The average Bonchev–Trinajstić information content (AvgIpc) is 3.53. The fourth-order valence-corrected chi connectivity index (χ4v) is 5.55. The first-order chi connectivity index (χ1) is 24.6. The zero-order valence-electron chi connectivity index (χ0n) is 29.7. The molecular weight excluding hydrogens is 611 g/mol. The molecule has 0 aromatic heterocycles. The van der Waals surface area contributed by atoms with Crippen LogP contribution in [0.4, 0.5) is 0 Å². The van der Waals surface area contributed by atoms with Gasteiger partial charge in [0.15, 0.2) is 0 Å². The van der Waals surface area contributed by atoms with Crippen LogP contribution < -0.4 is 21.7 Å². The SMILES string of the molecule is C1=CC(CC2=CCN=C2)=CCN1.C=C/C=C\C(=C/CC)c1cccc(-c2cccc(-c3ccc(C4=CC=CCC=C4)cc3)c2)c1.CNNNC. The predicted molar refractivity (Wildman–Crippen MR) is 218 cm³/mol. The lowest BCUT2D eigenvalue weighted by molar-refractivity contribution is 0.518. The summed E-state index contributed by atoms with van der Waals surface area (Å²) in [6, 6.07) is 26.4. The van der Waals surface area contributed by atoms with Gasteiger partial charge in [-0.15, -0.1) is 0 Å². The maximum atomic E-state index is 4.15. The molecule has 0 atom stereocenters. The van der Waals surface area contributed by atoms with Crippen molar-refractivity contribution in [2.24, 2.45) is 4.99 Å². The van der Waals surface area contributed by atoms with Crippen LogP contribution in [0.3, 0.4) is 0 Å². The van der Waals surface area contributed by atoms with Crippen LogP contribution in [0.1, 0.15) is 37.3 Å². The Hall–Kier alpha value is -5.33. The van der Waals surface area contributed by atoms with Crippen molar-refractivity contribution in [3.8, 4) is 22.3 Å². The Morgan fingerprint density at radius 2 is 1.58 bits per heavy atom. The van der Waals surface area contributed by atoms with Crippen LogP contribution in [0.25, 0.3) is 33.4 Å². The maximum absolute atomic E-state index is 4.15. The summed E-state index contributed by atoms with van der Waals surface area (Å²) in [7, 11) is 3.58. The van der Waals surface area contributed by atoms with Crippen LogP contribution >= 0.6 is 0 Å². The van der Waals surface area contributed by atoms with Crippen molar-refractivity contribution in [2.75, 3.05) is 27.2 Å². The van der Waals surface area contributed by atoms with Crippen molar-refractivity contribution in [2.45, 2.75) is 26.2 Å². The van der Waals surface area contributed by atoms with Gasteiger partial charge in [-0.25, -0.2) is 10.9 Å². The van der Waals surface area contributed by atoms with E-state index in [1.54, 1.807) is 14.1 Å². The van der Waals surface area contributed by atoms with Crippen molar-refractivity contribution in [3.05, 3.63) is 181 Å². The van der Waals surface area contributed by atoms with E-state index in [4.69, 9.17) is 0 Å². The van der Waals surface area contributed by atoms with Gasteiger partial charge in [-0.2, -0.15) is 5.53 Å². The highest BCUT2D eigenvalue weighted by Crippen LogP contribution is 2.30. The molecule has 0 radical (unpaired) electrons. The molecule has 2 aliphatic heterocycles. The first kappa shape index (κ1) is 37.5. The summed E-state index contributed by atoms with van der Waals surface area (Å²) in [5.74, 6) is 0. The number of aliphatic imine (C=N–C) groups is 1. The Kier molecular flexibility index (Phi) is 16.2. The number of nitrogens with zero attached hydrogens (tertiary/aromatic N) is 1. The van der Waals surface area contributed by atoms with E-state index >= 15 is 0 Å². The van der Waals surface area contributed by atoms with Gasteiger partial charge < -0.3 is 5.32 Å². The highest BCUT2D eigenvalue weighted by molar-refractivity contribution is 5.82. The number of hydrogen-bond acceptors (Lipinski definition) is 5. The minimum absolute atomic E-state index is 0.866. The number of rotatable bonds is 11. The molecule has 3 aliphatic rings. The van der Waals surface area contributed by atoms with E-state index in [1.807, 2.05) is 24.6 Å². The molecule has 3 aromatic rings. The Labute approximate surface area is 299 Å². The molecule has 5 heteroatoms. The van der Waals surface area contributed by atoms with E-state index in [9.17, 15) is 0 Å². The van der Waals surface area contributed by atoms with Gasteiger partial charge in [0.1, 0.15) is 0 Å². The molecule has 0 fully saturated rings. The van der Waals surface area contributed by atoms with E-state index in [2.05, 4.69) is 174 Å². The molecule has 5 nitrogen and oxygen atoms in total. The average molecular weight is 662 g/mol. The predicted octanol–water partition coefficient (Wildman–Crippen LogP) is 9.73. The highest BCUT2D eigenvalue weighted by atomic mass is 15.6. The summed E-state index contributed by atoms with van der Waals surface area (Å²) in [5.41, 5.74) is 20.5. The van der Waals surface area contributed by atoms with Crippen molar-refractivity contribution in [3.63, 3.8) is 0 Å². The lowest BCUT2D eigenvalue weighted by Crippen LogP contribution is -2.37. The number of dihydropyridines is 1. The van der Waals surface area contributed by atoms with Crippen LogP contribution in [-0.4, -0.2) is 33.4 Å². The van der Waals surface area contributed by atoms with Crippen molar-refractivity contribution >= 4 is 17.4 Å². The van der Waals surface area contributed by atoms with Gasteiger partial charge in [-0.05, 0) is 113 Å². The van der Waals surface area contributed by atoms with Gasteiger partial charge in [0.25, 0.3) is 0 Å². The van der Waals surface area contributed by atoms with Crippen molar-refractivity contribution < 1.29 is 0 Å². The van der Waals surface area contributed by atoms with E-state index in [0.29, 0.717) is 0 Å². The molecule has 4 N–H and O–H groups in total. The molecule has 0 amide bonds. The van der Waals surface area contributed by atoms with Crippen LogP contribution in [-0.2, 0) is 0 Å². The third-order valence-corrected chi connectivity index (χ3v) is 8.03. The molecule has 50 heavy (non-hydrogen) atoms. The van der Waals surface area contributed by atoms with Crippen LogP contribution in [0.15, 0.2) is 175 Å². The highest BCUT2D eigenvalue weighted by Gasteiger charge is 2.06. The lowest BCUT2D eigenvalue weighted by atomic mass is 9.95. The van der Waals surface area contributed by atoms with Crippen molar-refractivity contribution in [1.82, 2.24) is 21.7 Å². The zero-order chi connectivity index (χ0) is 35.2. The third-order valence-electron chi connectivity index (χ3n) is 8.03. The third kappa shape index (κ3) is 12.3. The van der Waals surface area contributed by atoms with Gasteiger partial charge in [0.2, 0.25) is 0 Å². The lowest BCUT2D eigenvalue weighted by Gasteiger charge is -2.10. The largest absolute Gasteiger partial charge is 0.387 e. The van der Waals surface area contributed by atoms with E-state index in [1.165, 1.54) is 55.7 Å². The fraction of sp³-hybridized carbons (Fsp3) is 0.178. The molecule has 0 unspecified atom stereocenters. The first-order valence-electron chi connectivity index (χ1n) is 17.4. The molecular formula is C45H51N5. The normalized spacial score (nSPS) is 14.8. The zero-order valence-corrected chi connectivity index (χ0v) is 29.7. The molecule has 1 aliphatic carbocycles. The molecule has 0 saturated heterocycles. The molecule has 2 heterocycles. The van der Waals surface area contributed by atoms with Crippen LogP contribution in [0.5, 0.6) is 0 Å². The standard InChI is InChI=1S/C33H30.C10H12N2.C2H9N3/c1-3-5-13-26(12-4-2)30-16-10-18-32(24-30)33-19-11-17-31(25-33)29-22-20-28(21-23-29)27-14-8-6-7-9-15-27;1-4-11-5-2-9(1)7-10-3-6-12-8-10;1-3-5-4-2/h3,5-6,8-25H,1,4,7H2,2H3;1-4,8,11H,5-7H2;3-5H,1-2H3/b13-5-,26-12+;;. The Morgan fingerprint density at radius 3 is 2.24 bits per heavy atom. The summed E-state index contributed by atoms with van der Waals surface area (Å²) in [6.07, 6.45) is 32.6. The number of nitrogens with one attached hydrogen (secondary N) is 4. The Balaban J connectivity index is 0.000000270. The number of hydrazine groups is 2. The topological polar surface area (TPSA) is 60.5 Å². The van der Waals surface area contributed by atoms with Gasteiger partial charge in [0, 0.05) is 12.8 Å². The van der Waals surface area contributed by atoms with Gasteiger partial charge in [-0.1, -0.05) is 141 Å². The maximum Gasteiger partial charge on any atom is 0.0576 e. The molecule has 256 valence electrons. The fourth-order valence-electron chi connectivity index (χ4n) is 5.55. The smallest absolute Gasteiger partial charge is 0.0576 e. The minimum atomic E-state index is 0.866. The molecule has 3 aromatic carbocycles. The monoisotopic (exact) mass is 661 g/mol. The van der Waals surface area contributed by atoms with Gasteiger partial charge in [0.05, 0.1) is 6.54 Å². The summed E-state index contributed by atoms with van der Waals surface area (Å²) in [6.45, 7) is 7.79. The summed E-state index contributed by atoms with van der Waals surface area (Å²) in [5, 5.41) is 3.13. The van der Waals surface area contributed by atoms with Crippen molar-refractivity contribution in [1.29, 1.82) is 0 Å². The second kappa shape index (κ2) is 21.6. The molecule has 0 saturated carbocycles. The number of hydrogen-bond donors (Lipinski definition) is 4. The summed E-state index contributed by atoms with van der Waals surface area (Å²) in [4.78, 5) is 4.15. The van der Waals surface area contributed by atoms with Crippen LogP contribution in [0.2, 0.25) is 0 Å². The Bertz CT molecular complexity index is 1810. The Morgan fingerprint density at radius 1 is 0.840 bits per heavy atom. The van der Waals surface area contributed by atoms with Gasteiger partial charge in [-0.3, -0.25) is 4.99 Å². The molecule has 0 bridgehead atoms. The number of benzene rings is 3. The van der Waals surface area contributed by atoms with E-state index < -0.39 is 0 Å². The van der Waals surface area contributed by atoms with Crippen LogP contribution in [0, 0.1) is 0 Å². The minimum Gasteiger partial charge on any atom is -0.387 e. The molecule has 6 rings (SSSR count).